The Morgan fingerprint density at radius 1 is 1.17 bits per heavy atom. The molecule has 5 rings (SSSR count). The first-order valence-corrected chi connectivity index (χ1v) is 13.0. The maximum absolute atomic E-state index is 12.7. The summed E-state index contributed by atoms with van der Waals surface area (Å²) in [6.45, 7) is 6.17. The molecule has 5 nitrogen and oxygen atoms in total. The normalized spacial score (nSPS) is 25.8. The lowest BCUT2D eigenvalue weighted by Crippen LogP contribution is -2.42. The van der Waals surface area contributed by atoms with Gasteiger partial charge in [0.2, 0.25) is 5.91 Å². The van der Waals surface area contributed by atoms with Crippen molar-refractivity contribution in [3.05, 3.63) is 41.0 Å². The summed E-state index contributed by atoms with van der Waals surface area (Å²) in [6.07, 6.45) is 3.26. The van der Waals surface area contributed by atoms with Gasteiger partial charge in [-0.05, 0) is 44.8 Å². The Bertz CT molecular complexity index is 873. The summed E-state index contributed by atoms with van der Waals surface area (Å²) in [6, 6.07) is 11.2. The van der Waals surface area contributed by atoms with Crippen LogP contribution in [-0.2, 0) is 4.79 Å². The average Bonchev–Trinajstić information content (AvgIpc) is 3.55. The molecule has 7 heteroatoms. The Labute approximate surface area is 187 Å². The molecule has 1 amide bonds. The Morgan fingerprint density at radius 3 is 2.70 bits per heavy atom. The summed E-state index contributed by atoms with van der Waals surface area (Å²) < 4.78 is 0. The van der Waals surface area contributed by atoms with Crippen molar-refractivity contribution in [2.24, 2.45) is 0 Å². The van der Waals surface area contributed by atoms with Crippen molar-refractivity contribution in [2.75, 3.05) is 37.8 Å². The smallest absolute Gasteiger partial charge is 0.240 e. The van der Waals surface area contributed by atoms with E-state index in [2.05, 4.69) is 47.5 Å². The Hall–Kier alpha value is -1.41. The maximum Gasteiger partial charge on any atom is 0.240 e. The van der Waals surface area contributed by atoms with Gasteiger partial charge >= 0.3 is 0 Å². The molecule has 1 N–H and O–H groups in total. The number of rotatable bonds is 4. The van der Waals surface area contributed by atoms with Gasteiger partial charge in [-0.25, -0.2) is 4.98 Å². The molecule has 1 aromatic carbocycles. The van der Waals surface area contributed by atoms with E-state index in [0.717, 1.165) is 62.1 Å². The molecule has 3 saturated heterocycles. The summed E-state index contributed by atoms with van der Waals surface area (Å²) in [5, 5.41) is 4.66. The minimum absolute atomic E-state index is 0.0114. The number of nitrogens with zero attached hydrogens (tertiary/aromatic N) is 3. The van der Waals surface area contributed by atoms with Crippen LogP contribution in [0.4, 0.5) is 0 Å². The van der Waals surface area contributed by atoms with E-state index >= 15 is 0 Å². The molecule has 30 heavy (non-hydrogen) atoms. The van der Waals surface area contributed by atoms with Crippen molar-refractivity contribution in [3.63, 3.8) is 0 Å². The molecule has 2 aromatic rings. The number of piperidine rings is 1. The van der Waals surface area contributed by atoms with Crippen LogP contribution in [0.3, 0.4) is 0 Å². The summed E-state index contributed by atoms with van der Waals surface area (Å²) >= 11 is 3.68. The van der Waals surface area contributed by atoms with Crippen molar-refractivity contribution < 1.29 is 4.79 Å². The topological polar surface area (TPSA) is 48.5 Å². The van der Waals surface area contributed by atoms with Crippen LogP contribution in [0.2, 0.25) is 0 Å². The van der Waals surface area contributed by atoms with E-state index < -0.39 is 0 Å². The predicted octanol–water partition coefficient (Wildman–Crippen LogP) is 3.56. The molecule has 0 saturated carbocycles. The second kappa shape index (κ2) is 8.99. The largest absolute Gasteiger partial charge is 0.331 e. The Kier molecular flexibility index (Phi) is 6.14. The number of hydrogen-bond donors (Lipinski definition) is 1. The average molecular weight is 443 g/mol. The third kappa shape index (κ3) is 4.17. The highest BCUT2D eigenvalue weighted by Crippen LogP contribution is 2.39. The van der Waals surface area contributed by atoms with Gasteiger partial charge in [0.25, 0.3) is 0 Å². The molecule has 0 unspecified atom stereocenters. The van der Waals surface area contributed by atoms with Crippen molar-refractivity contribution in [1.82, 2.24) is 20.1 Å². The number of hydrogen-bond acceptors (Lipinski definition) is 6. The fraction of sp³-hybridized carbons (Fsp3) is 0.565. The molecule has 4 heterocycles. The Morgan fingerprint density at radius 2 is 1.97 bits per heavy atom. The maximum atomic E-state index is 12.7. The van der Waals surface area contributed by atoms with E-state index in [1.165, 1.54) is 16.1 Å². The van der Waals surface area contributed by atoms with Crippen LogP contribution in [0.5, 0.6) is 0 Å². The summed E-state index contributed by atoms with van der Waals surface area (Å²) in [5.74, 6) is 2.79. The summed E-state index contributed by atoms with van der Waals surface area (Å²) in [4.78, 5) is 23.6. The SMILES string of the molecule is Cc1nc(C2CCN([C@@H]3CN[C@H](C(=O)N4CCSC4)C3)CC2)c(-c2ccccc2)s1. The van der Waals surface area contributed by atoms with Gasteiger partial charge in [-0.1, -0.05) is 30.3 Å². The zero-order valence-corrected chi connectivity index (χ0v) is 19.2. The minimum Gasteiger partial charge on any atom is -0.331 e. The van der Waals surface area contributed by atoms with Crippen LogP contribution >= 0.6 is 23.1 Å². The lowest BCUT2D eigenvalue weighted by Gasteiger charge is -2.35. The van der Waals surface area contributed by atoms with E-state index in [-0.39, 0.29) is 6.04 Å². The van der Waals surface area contributed by atoms with Gasteiger partial charge in [0.05, 0.1) is 27.5 Å². The van der Waals surface area contributed by atoms with Gasteiger partial charge in [0.15, 0.2) is 0 Å². The van der Waals surface area contributed by atoms with Crippen molar-refractivity contribution in [3.8, 4) is 10.4 Å². The van der Waals surface area contributed by atoms with Gasteiger partial charge in [0, 0.05) is 30.8 Å². The number of thiazole rings is 1. The Balaban J connectivity index is 1.20. The van der Waals surface area contributed by atoms with E-state index in [1.54, 1.807) is 0 Å². The van der Waals surface area contributed by atoms with E-state index in [1.807, 2.05) is 28.0 Å². The van der Waals surface area contributed by atoms with Crippen LogP contribution in [0, 0.1) is 6.92 Å². The molecule has 3 fully saturated rings. The number of nitrogens with one attached hydrogen (secondary N) is 1. The monoisotopic (exact) mass is 442 g/mol. The molecular formula is C23H30N4OS2. The van der Waals surface area contributed by atoms with Crippen molar-refractivity contribution >= 4 is 29.0 Å². The van der Waals surface area contributed by atoms with Crippen LogP contribution < -0.4 is 5.32 Å². The molecule has 0 spiro atoms. The minimum atomic E-state index is 0.0114. The van der Waals surface area contributed by atoms with Gasteiger partial charge < -0.3 is 10.2 Å². The van der Waals surface area contributed by atoms with Crippen molar-refractivity contribution in [1.29, 1.82) is 0 Å². The molecule has 0 radical (unpaired) electrons. The number of carbonyl (C=O) groups is 1. The lowest BCUT2D eigenvalue weighted by molar-refractivity contribution is -0.131. The second-order valence-electron chi connectivity index (χ2n) is 8.61. The number of carbonyl (C=O) groups excluding carboxylic acids is 1. The zero-order valence-electron chi connectivity index (χ0n) is 17.5. The molecule has 3 aliphatic heterocycles. The first-order chi connectivity index (χ1) is 14.7. The van der Waals surface area contributed by atoms with Gasteiger partial charge in [-0.15, -0.1) is 23.1 Å². The highest BCUT2D eigenvalue weighted by Gasteiger charge is 2.37. The molecule has 160 valence electrons. The summed E-state index contributed by atoms with van der Waals surface area (Å²) in [5.41, 5.74) is 2.59. The number of aromatic nitrogens is 1. The highest BCUT2D eigenvalue weighted by molar-refractivity contribution is 7.99. The van der Waals surface area contributed by atoms with E-state index in [4.69, 9.17) is 4.98 Å². The van der Waals surface area contributed by atoms with Crippen molar-refractivity contribution in [2.45, 2.75) is 44.2 Å². The number of aryl methyl sites for hydroxylation is 1. The summed E-state index contributed by atoms with van der Waals surface area (Å²) in [7, 11) is 0. The van der Waals surface area contributed by atoms with E-state index in [9.17, 15) is 4.79 Å². The molecular weight excluding hydrogens is 412 g/mol. The number of likely N-dealkylation sites (tertiary alicyclic amines) is 1. The quantitative estimate of drug-likeness (QED) is 0.785. The van der Waals surface area contributed by atoms with Crippen LogP contribution in [-0.4, -0.2) is 70.6 Å². The van der Waals surface area contributed by atoms with Crippen LogP contribution in [0.1, 0.15) is 35.9 Å². The molecule has 0 bridgehead atoms. The standard InChI is InChI=1S/C23H30N4OS2/c1-16-25-21(22(30-16)18-5-3-2-4-6-18)17-7-9-26(10-8-17)19-13-20(24-14-19)23(28)27-11-12-29-15-27/h2-6,17,19-20,24H,7-15H2,1H3/t19-,20-/m0/s1. The fourth-order valence-electron chi connectivity index (χ4n) is 5.05. The molecule has 3 aliphatic rings. The van der Waals surface area contributed by atoms with Crippen LogP contribution in [0.25, 0.3) is 10.4 Å². The third-order valence-electron chi connectivity index (χ3n) is 6.70. The molecule has 1 aromatic heterocycles. The van der Waals surface area contributed by atoms with E-state index in [0.29, 0.717) is 17.9 Å². The third-order valence-corrected chi connectivity index (χ3v) is 8.70. The lowest BCUT2D eigenvalue weighted by atomic mass is 9.90. The zero-order chi connectivity index (χ0) is 20.5. The van der Waals surface area contributed by atoms with Gasteiger partial charge in [0.1, 0.15) is 0 Å². The molecule has 2 atom stereocenters. The first kappa shape index (κ1) is 20.5. The molecule has 0 aliphatic carbocycles. The fourth-order valence-corrected chi connectivity index (χ4v) is 7.01. The van der Waals surface area contributed by atoms with Gasteiger partial charge in [-0.2, -0.15) is 0 Å². The first-order valence-electron chi connectivity index (χ1n) is 11.1. The number of thioether (sulfide) groups is 1. The highest BCUT2D eigenvalue weighted by atomic mass is 32.2. The predicted molar refractivity (Wildman–Crippen MR) is 125 cm³/mol. The second-order valence-corrected chi connectivity index (χ2v) is 10.9. The number of benzene rings is 1. The number of amides is 1. The van der Waals surface area contributed by atoms with Crippen LogP contribution in [0.15, 0.2) is 30.3 Å². The van der Waals surface area contributed by atoms with Gasteiger partial charge in [-0.3, -0.25) is 9.69 Å².